The Labute approximate surface area is 175 Å². The Bertz CT molecular complexity index is 1250. The number of amides is 1. The van der Waals surface area contributed by atoms with Crippen molar-refractivity contribution in [1.82, 2.24) is 24.0 Å². The van der Waals surface area contributed by atoms with Gasteiger partial charge >= 0.3 is 0 Å². The molecule has 1 amide bonds. The van der Waals surface area contributed by atoms with Gasteiger partial charge in [0.1, 0.15) is 0 Å². The average molecular weight is 403 g/mol. The number of pyridine rings is 1. The molecule has 1 aromatic carbocycles. The van der Waals surface area contributed by atoms with Crippen LogP contribution in [0.2, 0.25) is 0 Å². The number of rotatable bonds is 3. The van der Waals surface area contributed by atoms with E-state index in [9.17, 15) is 4.79 Å². The lowest BCUT2D eigenvalue weighted by Gasteiger charge is -2.30. The molecule has 7 heteroatoms. The number of likely N-dealkylation sites (tertiary alicyclic amines) is 1. The molecular formula is C23H26N6O. The number of hydrogen-bond donors (Lipinski definition) is 1. The van der Waals surface area contributed by atoms with Crippen molar-refractivity contribution in [3.63, 3.8) is 0 Å². The smallest absolute Gasteiger partial charge is 0.253 e. The summed E-state index contributed by atoms with van der Waals surface area (Å²) in [5.74, 6) is 0.917. The van der Waals surface area contributed by atoms with E-state index in [0.717, 1.165) is 59.4 Å². The van der Waals surface area contributed by atoms with Gasteiger partial charge in [0.2, 0.25) is 0 Å². The van der Waals surface area contributed by atoms with Crippen molar-refractivity contribution in [3.05, 3.63) is 48.3 Å². The zero-order valence-corrected chi connectivity index (χ0v) is 17.4. The van der Waals surface area contributed by atoms with E-state index in [1.165, 1.54) is 0 Å². The number of piperidine rings is 1. The molecular weight excluding hydrogens is 376 g/mol. The molecule has 1 aliphatic heterocycles. The van der Waals surface area contributed by atoms with Crippen LogP contribution in [0.1, 0.15) is 30.1 Å². The van der Waals surface area contributed by atoms with E-state index >= 15 is 0 Å². The van der Waals surface area contributed by atoms with Crippen LogP contribution in [0.3, 0.4) is 0 Å². The summed E-state index contributed by atoms with van der Waals surface area (Å²) < 4.78 is 4.32. The third-order valence-electron chi connectivity index (χ3n) is 6.12. The van der Waals surface area contributed by atoms with Crippen molar-refractivity contribution in [1.29, 1.82) is 0 Å². The van der Waals surface area contributed by atoms with E-state index < -0.39 is 0 Å². The lowest BCUT2D eigenvalue weighted by atomic mass is 10.1. The van der Waals surface area contributed by atoms with Crippen molar-refractivity contribution in [2.24, 2.45) is 12.8 Å². The number of imidazole rings is 1. The van der Waals surface area contributed by atoms with E-state index in [2.05, 4.69) is 27.1 Å². The third kappa shape index (κ3) is 2.97. The van der Waals surface area contributed by atoms with Gasteiger partial charge in [-0.15, -0.1) is 0 Å². The molecule has 4 aromatic rings. The number of aryl methyl sites for hydroxylation is 2. The number of fused-ring (bicyclic) bond motifs is 2. The van der Waals surface area contributed by atoms with Crippen molar-refractivity contribution in [2.75, 3.05) is 13.1 Å². The number of nitrogens with zero attached hydrogens (tertiary/aromatic N) is 5. The summed E-state index contributed by atoms with van der Waals surface area (Å²) in [6.45, 7) is 4.34. The zero-order chi connectivity index (χ0) is 20.8. The summed E-state index contributed by atoms with van der Waals surface area (Å²) in [7, 11) is 2.02. The molecule has 2 N–H and O–H groups in total. The molecule has 1 fully saturated rings. The van der Waals surface area contributed by atoms with E-state index in [0.29, 0.717) is 12.1 Å². The van der Waals surface area contributed by atoms with Crippen LogP contribution in [0, 0.1) is 0 Å². The van der Waals surface area contributed by atoms with E-state index in [4.69, 9.17) is 10.7 Å². The maximum Gasteiger partial charge on any atom is 0.253 e. The predicted molar refractivity (Wildman–Crippen MR) is 118 cm³/mol. The monoisotopic (exact) mass is 402 g/mol. The Morgan fingerprint density at radius 3 is 2.90 bits per heavy atom. The quantitative estimate of drug-likeness (QED) is 0.571. The first-order valence-electron chi connectivity index (χ1n) is 10.5. The lowest BCUT2D eigenvalue weighted by molar-refractivity contribution is 0.0709. The lowest BCUT2D eigenvalue weighted by Crippen LogP contribution is -2.45. The Morgan fingerprint density at radius 1 is 1.23 bits per heavy atom. The third-order valence-corrected chi connectivity index (χ3v) is 6.12. The average Bonchev–Trinajstić information content (AvgIpc) is 3.30. The van der Waals surface area contributed by atoms with Gasteiger partial charge in [-0.25, -0.2) is 4.98 Å². The van der Waals surface area contributed by atoms with Crippen LogP contribution < -0.4 is 5.73 Å². The van der Waals surface area contributed by atoms with Crippen LogP contribution in [-0.2, 0) is 13.6 Å². The number of aromatic nitrogens is 4. The molecule has 0 unspecified atom stereocenters. The highest BCUT2D eigenvalue weighted by molar-refractivity contribution is 5.98. The minimum atomic E-state index is 0.0352. The highest BCUT2D eigenvalue weighted by Gasteiger charge is 2.23. The van der Waals surface area contributed by atoms with E-state index in [1.54, 1.807) is 0 Å². The Morgan fingerprint density at radius 2 is 2.10 bits per heavy atom. The van der Waals surface area contributed by atoms with Gasteiger partial charge in [-0.3, -0.25) is 9.78 Å². The van der Waals surface area contributed by atoms with Gasteiger partial charge in [-0.2, -0.15) is 0 Å². The molecule has 0 bridgehead atoms. The van der Waals surface area contributed by atoms with Crippen LogP contribution in [-0.4, -0.2) is 49.0 Å². The molecule has 1 saturated heterocycles. The molecule has 0 radical (unpaired) electrons. The van der Waals surface area contributed by atoms with Gasteiger partial charge in [0.15, 0.2) is 5.82 Å². The number of carbonyl (C=O) groups is 1. The summed E-state index contributed by atoms with van der Waals surface area (Å²) in [5, 5.41) is 1.14. The molecule has 0 aliphatic carbocycles. The Kier molecular flexibility index (Phi) is 4.55. The summed E-state index contributed by atoms with van der Waals surface area (Å²) >= 11 is 0. The summed E-state index contributed by atoms with van der Waals surface area (Å²) in [6, 6.07) is 10.0. The fraction of sp³-hybridized carbons (Fsp3) is 0.348. The molecule has 1 aliphatic rings. The molecule has 1 atom stereocenters. The van der Waals surface area contributed by atoms with Gasteiger partial charge < -0.3 is 19.8 Å². The normalized spacial score (nSPS) is 17.2. The van der Waals surface area contributed by atoms with Crippen LogP contribution in [0.4, 0.5) is 0 Å². The van der Waals surface area contributed by atoms with Gasteiger partial charge in [0.25, 0.3) is 5.91 Å². The van der Waals surface area contributed by atoms with Crippen LogP contribution >= 0.6 is 0 Å². The molecule has 0 saturated carbocycles. The molecule has 30 heavy (non-hydrogen) atoms. The summed E-state index contributed by atoms with van der Waals surface area (Å²) in [6.07, 6.45) is 5.64. The fourth-order valence-electron chi connectivity index (χ4n) is 4.56. The first-order valence-corrected chi connectivity index (χ1v) is 10.5. The van der Waals surface area contributed by atoms with Gasteiger partial charge in [0, 0.05) is 49.9 Å². The summed E-state index contributed by atoms with van der Waals surface area (Å²) in [5.41, 5.74) is 10.7. The number of hydrogen-bond acceptors (Lipinski definition) is 4. The first-order chi connectivity index (χ1) is 14.6. The minimum Gasteiger partial charge on any atom is -0.337 e. The largest absolute Gasteiger partial charge is 0.337 e. The van der Waals surface area contributed by atoms with Gasteiger partial charge in [0.05, 0.1) is 28.4 Å². The van der Waals surface area contributed by atoms with Crippen LogP contribution in [0.5, 0.6) is 0 Å². The Hall–Kier alpha value is -3.19. The molecule has 7 nitrogen and oxygen atoms in total. The van der Waals surface area contributed by atoms with E-state index in [1.807, 2.05) is 48.6 Å². The fourth-order valence-corrected chi connectivity index (χ4v) is 4.56. The second-order valence-electron chi connectivity index (χ2n) is 8.06. The number of carbonyl (C=O) groups excluding carboxylic acids is 1. The highest BCUT2D eigenvalue weighted by Crippen LogP contribution is 2.30. The number of benzene rings is 1. The maximum atomic E-state index is 13.0. The van der Waals surface area contributed by atoms with Crippen molar-refractivity contribution in [3.8, 4) is 11.5 Å². The van der Waals surface area contributed by atoms with Crippen LogP contribution in [0.15, 0.2) is 42.7 Å². The maximum absolute atomic E-state index is 13.0. The van der Waals surface area contributed by atoms with Crippen molar-refractivity contribution >= 4 is 27.8 Å². The standard InChI is InChI=1S/C23H26N6O/c1-3-29-20(12-15-8-9-25-13-21(15)29)22-26-18-11-16(6-7-19(18)27(22)2)23(30)28-10-4-5-17(24)14-28/h6-9,11-13,17H,3-5,10,14,24H2,1-2H3/t17-/m1/s1. The molecule has 3 aromatic heterocycles. The Balaban J connectivity index is 1.57. The first kappa shape index (κ1) is 18.8. The van der Waals surface area contributed by atoms with Gasteiger partial charge in [-0.05, 0) is 50.1 Å². The number of nitrogens with two attached hydrogens (primary N) is 1. The predicted octanol–water partition coefficient (Wildman–Crippen LogP) is 3.17. The molecule has 154 valence electrons. The van der Waals surface area contributed by atoms with Crippen molar-refractivity contribution < 1.29 is 4.79 Å². The molecule has 0 spiro atoms. The summed E-state index contributed by atoms with van der Waals surface area (Å²) in [4.78, 5) is 24.0. The van der Waals surface area contributed by atoms with E-state index in [-0.39, 0.29) is 11.9 Å². The SMILES string of the molecule is CCn1c(-c2nc3cc(C(=O)N4CCC[C@@H](N)C4)ccc3n2C)cc2ccncc21. The minimum absolute atomic E-state index is 0.0352. The van der Waals surface area contributed by atoms with Crippen LogP contribution in [0.25, 0.3) is 33.5 Å². The second kappa shape index (κ2) is 7.25. The van der Waals surface area contributed by atoms with Crippen molar-refractivity contribution in [2.45, 2.75) is 32.4 Å². The molecule has 4 heterocycles. The topological polar surface area (TPSA) is 82.0 Å². The second-order valence-corrected chi connectivity index (χ2v) is 8.06. The molecule has 5 rings (SSSR count). The highest BCUT2D eigenvalue weighted by atomic mass is 16.2. The zero-order valence-electron chi connectivity index (χ0n) is 17.4. The van der Waals surface area contributed by atoms with Gasteiger partial charge in [-0.1, -0.05) is 0 Å².